The molecule has 0 unspecified atom stereocenters. The van der Waals surface area contributed by atoms with E-state index < -0.39 is 0 Å². The number of carbonyl (C=O) groups is 1. The quantitative estimate of drug-likeness (QED) is 0.650. The summed E-state index contributed by atoms with van der Waals surface area (Å²) in [6, 6.07) is 5.16. The topological polar surface area (TPSA) is 42.9 Å². The first-order valence-electron chi connectivity index (χ1n) is 3.67. The van der Waals surface area contributed by atoms with Gasteiger partial charge < -0.3 is 0 Å². The molecule has 0 spiro atoms. The van der Waals surface area contributed by atoms with Crippen molar-refractivity contribution < 1.29 is 4.79 Å². The maximum atomic E-state index is 10.4. The van der Waals surface area contributed by atoms with Crippen LogP contribution in [-0.2, 0) is 0 Å². The zero-order chi connectivity index (χ0) is 9.26. The Balaban J connectivity index is 2.73. The Hall–Kier alpha value is -1.48. The molecule has 2 rings (SSSR count). The van der Waals surface area contributed by atoms with E-state index in [4.69, 9.17) is 11.6 Å². The summed E-state index contributed by atoms with van der Waals surface area (Å²) in [5.41, 5.74) is 1.70. The molecule has 1 heterocycles. The van der Waals surface area contributed by atoms with Crippen molar-refractivity contribution in [2.24, 2.45) is 0 Å². The third-order valence-corrected chi connectivity index (χ3v) is 1.88. The molecular formula is C9H5ClN2O. The largest absolute Gasteiger partial charge is 0.296 e. The molecule has 0 atom stereocenters. The highest BCUT2D eigenvalue weighted by molar-refractivity contribution is 6.31. The van der Waals surface area contributed by atoms with Crippen LogP contribution in [0.1, 0.15) is 10.5 Å². The van der Waals surface area contributed by atoms with Gasteiger partial charge in [-0.05, 0) is 18.2 Å². The minimum Gasteiger partial charge on any atom is -0.296 e. The number of halogens is 1. The molecule has 1 aromatic heterocycles. The number of aldehydes is 1. The van der Waals surface area contributed by atoms with Crippen LogP contribution in [0.2, 0.25) is 5.02 Å². The van der Waals surface area contributed by atoms with Gasteiger partial charge in [-0.3, -0.25) is 9.78 Å². The molecule has 0 aliphatic carbocycles. The number of aromatic nitrogens is 2. The van der Waals surface area contributed by atoms with Gasteiger partial charge in [0.05, 0.1) is 17.2 Å². The lowest BCUT2D eigenvalue weighted by Gasteiger charge is -1.96. The van der Waals surface area contributed by atoms with Crippen molar-refractivity contribution in [3.63, 3.8) is 0 Å². The van der Waals surface area contributed by atoms with Crippen LogP contribution in [0, 0.1) is 0 Å². The van der Waals surface area contributed by atoms with Gasteiger partial charge in [0.1, 0.15) is 5.69 Å². The van der Waals surface area contributed by atoms with Gasteiger partial charge in [0.15, 0.2) is 6.29 Å². The Labute approximate surface area is 79.4 Å². The first kappa shape index (κ1) is 8.13. The van der Waals surface area contributed by atoms with Gasteiger partial charge in [0, 0.05) is 5.02 Å². The lowest BCUT2D eigenvalue weighted by molar-refractivity contribution is 0.111. The number of hydrogen-bond acceptors (Lipinski definition) is 3. The molecule has 0 saturated heterocycles. The Morgan fingerprint density at radius 1 is 1.31 bits per heavy atom. The SMILES string of the molecule is O=Cc1cnc2cc(Cl)ccc2n1. The fourth-order valence-corrected chi connectivity index (χ4v) is 1.22. The fraction of sp³-hybridized carbons (Fsp3) is 0. The van der Waals surface area contributed by atoms with E-state index in [1.807, 2.05) is 0 Å². The van der Waals surface area contributed by atoms with Crippen LogP contribution in [0.5, 0.6) is 0 Å². The summed E-state index contributed by atoms with van der Waals surface area (Å²) in [5.74, 6) is 0. The fourth-order valence-electron chi connectivity index (χ4n) is 1.05. The molecule has 1 aromatic carbocycles. The Morgan fingerprint density at radius 3 is 2.92 bits per heavy atom. The van der Waals surface area contributed by atoms with Gasteiger partial charge in [-0.25, -0.2) is 4.98 Å². The van der Waals surface area contributed by atoms with Crippen molar-refractivity contribution in [2.45, 2.75) is 0 Å². The molecule has 0 amide bonds. The molecule has 2 aromatic rings. The van der Waals surface area contributed by atoms with Crippen LogP contribution in [0.15, 0.2) is 24.4 Å². The predicted molar refractivity (Wildman–Crippen MR) is 49.9 cm³/mol. The normalized spacial score (nSPS) is 10.2. The molecule has 0 N–H and O–H groups in total. The molecule has 64 valence electrons. The molecular weight excluding hydrogens is 188 g/mol. The smallest absolute Gasteiger partial charge is 0.170 e. The van der Waals surface area contributed by atoms with Gasteiger partial charge in [-0.2, -0.15) is 0 Å². The second kappa shape index (κ2) is 3.11. The minimum absolute atomic E-state index is 0.329. The van der Waals surface area contributed by atoms with Crippen LogP contribution in [0.3, 0.4) is 0 Å². The van der Waals surface area contributed by atoms with Crippen LogP contribution in [0.25, 0.3) is 11.0 Å². The summed E-state index contributed by atoms with van der Waals surface area (Å²) in [6.45, 7) is 0. The monoisotopic (exact) mass is 192 g/mol. The molecule has 13 heavy (non-hydrogen) atoms. The van der Waals surface area contributed by atoms with E-state index in [-0.39, 0.29) is 0 Å². The zero-order valence-electron chi connectivity index (χ0n) is 6.57. The number of benzene rings is 1. The molecule has 4 heteroatoms. The van der Waals surface area contributed by atoms with E-state index in [1.54, 1.807) is 18.2 Å². The van der Waals surface area contributed by atoms with Crippen molar-refractivity contribution >= 4 is 28.9 Å². The molecule has 0 radical (unpaired) electrons. The Kier molecular flexibility index (Phi) is 1.94. The molecule has 0 fully saturated rings. The van der Waals surface area contributed by atoms with Crippen molar-refractivity contribution in [1.29, 1.82) is 0 Å². The van der Waals surface area contributed by atoms with Crippen molar-refractivity contribution in [3.05, 3.63) is 35.1 Å². The highest BCUT2D eigenvalue weighted by atomic mass is 35.5. The summed E-state index contributed by atoms with van der Waals surface area (Å²) in [6.07, 6.45) is 2.09. The van der Waals surface area contributed by atoms with Crippen LogP contribution < -0.4 is 0 Å². The number of hydrogen-bond donors (Lipinski definition) is 0. The van der Waals surface area contributed by atoms with Crippen molar-refractivity contribution in [3.8, 4) is 0 Å². The van der Waals surface area contributed by atoms with E-state index in [1.165, 1.54) is 6.20 Å². The average Bonchev–Trinajstić information content (AvgIpc) is 2.17. The van der Waals surface area contributed by atoms with Gasteiger partial charge in [0.2, 0.25) is 0 Å². The average molecular weight is 193 g/mol. The van der Waals surface area contributed by atoms with E-state index in [0.29, 0.717) is 28.0 Å². The number of rotatable bonds is 1. The van der Waals surface area contributed by atoms with Crippen LogP contribution in [-0.4, -0.2) is 16.3 Å². The molecule has 0 bridgehead atoms. The Bertz CT molecular complexity index is 470. The number of nitrogens with zero attached hydrogens (tertiary/aromatic N) is 2. The summed E-state index contributed by atoms with van der Waals surface area (Å²) >= 11 is 5.76. The van der Waals surface area contributed by atoms with Crippen molar-refractivity contribution in [1.82, 2.24) is 9.97 Å². The lowest BCUT2D eigenvalue weighted by Crippen LogP contribution is -1.90. The van der Waals surface area contributed by atoms with Crippen LogP contribution in [0.4, 0.5) is 0 Å². The lowest BCUT2D eigenvalue weighted by atomic mass is 10.3. The van der Waals surface area contributed by atoms with Gasteiger partial charge in [0.25, 0.3) is 0 Å². The Morgan fingerprint density at radius 2 is 2.15 bits per heavy atom. The van der Waals surface area contributed by atoms with E-state index in [9.17, 15) is 4.79 Å². The molecule has 3 nitrogen and oxygen atoms in total. The van der Waals surface area contributed by atoms with Crippen LogP contribution >= 0.6 is 11.6 Å². The minimum atomic E-state index is 0.329. The zero-order valence-corrected chi connectivity index (χ0v) is 7.32. The highest BCUT2D eigenvalue weighted by Crippen LogP contribution is 2.15. The van der Waals surface area contributed by atoms with E-state index in [0.717, 1.165) is 0 Å². The van der Waals surface area contributed by atoms with Gasteiger partial charge in [-0.1, -0.05) is 11.6 Å². The maximum Gasteiger partial charge on any atom is 0.170 e. The second-order valence-electron chi connectivity index (χ2n) is 2.55. The number of carbonyl (C=O) groups excluding carboxylic acids is 1. The predicted octanol–water partition coefficient (Wildman–Crippen LogP) is 2.10. The first-order chi connectivity index (χ1) is 6.29. The van der Waals surface area contributed by atoms with Gasteiger partial charge in [-0.15, -0.1) is 0 Å². The van der Waals surface area contributed by atoms with E-state index >= 15 is 0 Å². The summed E-state index contributed by atoms with van der Waals surface area (Å²) < 4.78 is 0. The van der Waals surface area contributed by atoms with Gasteiger partial charge >= 0.3 is 0 Å². The molecule has 0 aliphatic rings. The van der Waals surface area contributed by atoms with E-state index in [2.05, 4.69) is 9.97 Å². The summed E-state index contributed by atoms with van der Waals surface area (Å²) in [4.78, 5) is 18.5. The first-order valence-corrected chi connectivity index (χ1v) is 4.05. The third-order valence-electron chi connectivity index (χ3n) is 1.64. The highest BCUT2D eigenvalue weighted by Gasteiger charge is 1.98. The summed E-state index contributed by atoms with van der Waals surface area (Å²) in [7, 11) is 0. The molecule has 0 saturated carbocycles. The third kappa shape index (κ3) is 1.51. The number of fused-ring (bicyclic) bond motifs is 1. The van der Waals surface area contributed by atoms with Crippen molar-refractivity contribution in [2.75, 3.05) is 0 Å². The maximum absolute atomic E-state index is 10.4. The standard InChI is InChI=1S/C9H5ClN2O/c10-6-1-2-8-9(3-6)11-4-7(5-13)12-8/h1-5H. The summed E-state index contributed by atoms with van der Waals surface area (Å²) in [5, 5.41) is 0.612. The molecule has 0 aliphatic heterocycles. The second-order valence-corrected chi connectivity index (χ2v) is 2.98.